The molecule has 6 nitrogen and oxygen atoms in total. The van der Waals surface area contributed by atoms with Crippen LogP contribution in [0.25, 0.3) is 0 Å². The Morgan fingerprint density at radius 1 is 1.15 bits per heavy atom. The Morgan fingerprint density at radius 3 is 2.67 bits per heavy atom. The number of carbonyl (C=O) groups excluding carboxylic acids is 1. The van der Waals surface area contributed by atoms with E-state index in [9.17, 15) is 4.79 Å². The number of para-hydroxylation sites is 3. The fraction of sp³-hybridized carbons (Fsp3) is 0.211. The molecule has 0 spiro atoms. The van der Waals surface area contributed by atoms with Crippen molar-refractivity contribution in [3.8, 4) is 5.75 Å². The number of thioether (sulfide) groups is 1. The third-order valence-electron chi connectivity index (χ3n) is 3.52. The maximum absolute atomic E-state index is 12.3. The summed E-state index contributed by atoms with van der Waals surface area (Å²) in [5, 5.41) is 14.8. The number of anilines is 3. The highest BCUT2D eigenvalue weighted by Crippen LogP contribution is 2.33. The van der Waals surface area contributed by atoms with Crippen molar-refractivity contribution in [1.29, 1.82) is 0 Å². The molecule has 0 fully saturated rings. The number of hydrogen-bond acceptors (Lipinski definition) is 7. The van der Waals surface area contributed by atoms with Gasteiger partial charge in [-0.1, -0.05) is 53.4 Å². The van der Waals surface area contributed by atoms with Gasteiger partial charge in [0.15, 0.2) is 4.34 Å². The normalized spacial score (nSPS) is 11.6. The van der Waals surface area contributed by atoms with Crippen molar-refractivity contribution in [2.24, 2.45) is 0 Å². The van der Waals surface area contributed by atoms with Gasteiger partial charge in [0.1, 0.15) is 5.75 Å². The smallest absolute Gasteiger partial charge is 0.237 e. The van der Waals surface area contributed by atoms with Crippen LogP contribution in [0.2, 0.25) is 0 Å². The summed E-state index contributed by atoms with van der Waals surface area (Å²) >= 11 is 2.78. The highest BCUT2D eigenvalue weighted by atomic mass is 32.2. The molecule has 0 bridgehead atoms. The standard InChI is InChI=1S/C19H20N4O2S2/c1-3-25-16-12-8-7-11-15(16)21-18-22-23-19(27-18)26-13(2)17(24)20-14-9-5-4-6-10-14/h4-13H,3H2,1-2H3,(H,20,24)(H,21,22)/t13-/m0/s1. The van der Waals surface area contributed by atoms with Gasteiger partial charge in [-0.15, -0.1) is 10.2 Å². The molecule has 0 aliphatic carbocycles. The Labute approximate surface area is 166 Å². The molecule has 0 radical (unpaired) electrons. The number of amides is 1. The van der Waals surface area contributed by atoms with E-state index in [1.165, 1.54) is 23.1 Å². The van der Waals surface area contributed by atoms with Gasteiger partial charge in [-0.25, -0.2) is 0 Å². The van der Waals surface area contributed by atoms with Crippen molar-refractivity contribution in [1.82, 2.24) is 10.2 Å². The van der Waals surface area contributed by atoms with Gasteiger partial charge in [-0.3, -0.25) is 4.79 Å². The zero-order chi connectivity index (χ0) is 19.1. The van der Waals surface area contributed by atoms with Crippen LogP contribution in [0.1, 0.15) is 13.8 Å². The fourth-order valence-corrected chi connectivity index (χ4v) is 4.15. The van der Waals surface area contributed by atoms with Gasteiger partial charge in [0.05, 0.1) is 17.5 Å². The summed E-state index contributed by atoms with van der Waals surface area (Å²) in [7, 11) is 0. The molecule has 0 aliphatic heterocycles. The van der Waals surface area contributed by atoms with Crippen molar-refractivity contribution >= 4 is 45.5 Å². The summed E-state index contributed by atoms with van der Waals surface area (Å²) < 4.78 is 6.33. The molecule has 1 atom stereocenters. The molecule has 1 amide bonds. The Morgan fingerprint density at radius 2 is 1.89 bits per heavy atom. The zero-order valence-electron chi connectivity index (χ0n) is 15.0. The Hall–Kier alpha value is -2.58. The van der Waals surface area contributed by atoms with E-state index in [1.807, 2.05) is 68.4 Å². The van der Waals surface area contributed by atoms with Crippen LogP contribution in [0.4, 0.5) is 16.5 Å². The molecule has 0 saturated carbocycles. The number of hydrogen-bond donors (Lipinski definition) is 2. The van der Waals surface area contributed by atoms with Gasteiger partial charge < -0.3 is 15.4 Å². The molecule has 2 N–H and O–H groups in total. The monoisotopic (exact) mass is 400 g/mol. The number of aromatic nitrogens is 2. The minimum absolute atomic E-state index is 0.0717. The fourth-order valence-electron chi connectivity index (χ4n) is 2.24. The van der Waals surface area contributed by atoms with E-state index < -0.39 is 0 Å². The van der Waals surface area contributed by atoms with E-state index in [0.717, 1.165) is 21.5 Å². The van der Waals surface area contributed by atoms with Crippen LogP contribution in [0.3, 0.4) is 0 Å². The summed E-state index contributed by atoms with van der Waals surface area (Å²) in [5.41, 5.74) is 1.61. The minimum atomic E-state index is -0.290. The second-order valence-electron chi connectivity index (χ2n) is 5.54. The largest absolute Gasteiger partial charge is 0.492 e. The van der Waals surface area contributed by atoms with Crippen LogP contribution in [-0.2, 0) is 4.79 Å². The molecular weight excluding hydrogens is 380 g/mol. The average molecular weight is 401 g/mol. The Balaban J connectivity index is 1.60. The molecule has 27 heavy (non-hydrogen) atoms. The molecule has 8 heteroatoms. The van der Waals surface area contributed by atoms with E-state index in [0.29, 0.717) is 11.7 Å². The lowest BCUT2D eigenvalue weighted by Crippen LogP contribution is -2.22. The van der Waals surface area contributed by atoms with Crippen LogP contribution < -0.4 is 15.4 Å². The summed E-state index contributed by atoms with van der Waals surface area (Å²) in [6, 6.07) is 17.1. The van der Waals surface area contributed by atoms with E-state index in [4.69, 9.17) is 4.74 Å². The Bertz CT molecular complexity index is 886. The molecule has 2 aromatic carbocycles. The van der Waals surface area contributed by atoms with Gasteiger partial charge in [-0.2, -0.15) is 0 Å². The molecule has 0 saturated heterocycles. The first-order chi connectivity index (χ1) is 13.2. The number of nitrogens with one attached hydrogen (secondary N) is 2. The van der Waals surface area contributed by atoms with Crippen molar-refractivity contribution < 1.29 is 9.53 Å². The second-order valence-corrected chi connectivity index (χ2v) is 8.11. The minimum Gasteiger partial charge on any atom is -0.492 e. The van der Waals surface area contributed by atoms with E-state index >= 15 is 0 Å². The maximum Gasteiger partial charge on any atom is 0.237 e. The van der Waals surface area contributed by atoms with Crippen LogP contribution in [0.15, 0.2) is 58.9 Å². The van der Waals surface area contributed by atoms with Crippen LogP contribution in [0.5, 0.6) is 5.75 Å². The number of benzene rings is 2. The third-order valence-corrected chi connectivity index (χ3v) is 5.55. The van der Waals surface area contributed by atoms with E-state index in [-0.39, 0.29) is 11.2 Å². The van der Waals surface area contributed by atoms with Gasteiger partial charge in [0, 0.05) is 5.69 Å². The highest BCUT2D eigenvalue weighted by Gasteiger charge is 2.17. The van der Waals surface area contributed by atoms with Gasteiger partial charge >= 0.3 is 0 Å². The molecule has 1 aromatic heterocycles. The lowest BCUT2D eigenvalue weighted by Gasteiger charge is -2.10. The molecule has 0 unspecified atom stereocenters. The van der Waals surface area contributed by atoms with Crippen molar-refractivity contribution in [3.05, 3.63) is 54.6 Å². The zero-order valence-corrected chi connectivity index (χ0v) is 16.6. The molecule has 3 rings (SSSR count). The molecule has 140 valence electrons. The summed E-state index contributed by atoms with van der Waals surface area (Å²) in [6.07, 6.45) is 0. The maximum atomic E-state index is 12.3. The first-order valence-corrected chi connectivity index (χ1v) is 10.2. The van der Waals surface area contributed by atoms with Crippen molar-refractivity contribution in [3.63, 3.8) is 0 Å². The first kappa shape index (κ1) is 19.2. The van der Waals surface area contributed by atoms with Crippen LogP contribution in [-0.4, -0.2) is 28.0 Å². The highest BCUT2D eigenvalue weighted by molar-refractivity contribution is 8.02. The quantitative estimate of drug-likeness (QED) is 0.529. The van der Waals surface area contributed by atoms with Crippen molar-refractivity contribution in [2.45, 2.75) is 23.4 Å². The first-order valence-electron chi connectivity index (χ1n) is 8.50. The molecular formula is C19H20N4O2S2. The lowest BCUT2D eigenvalue weighted by atomic mass is 10.3. The molecule has 3 aromatic rings. The summed E-state index contributed by atoms with van der Waals surface area (Å²) in [4.78, 5) is 12.3. The van der Waals surface area contributed by atoms with Crippen LogP contribution in [0, 0.1) is 0 Å². The second kappa shape index (κ2) is 9.38. The van der Waals surface area contributed by atoms with Gasteiger partial charge in [-0.05, 0) is 38.1 Å². The number of rotatable bonds is 8. The predicted molar refractivity (Wildman–Crippen MR) is 111 cm³/mol. The SMILES string of the molecule is CCOc1ccccc1Nc1nnc(S[C@@H](C)C(=O)Nc2ccccc2)s1. The number of nitrogens with zero attached hydrogens (tertiary/aromatic N) is 2. The van der Waals surface area contributed by atoms with Crippen LogP contribution >= 0.6 is 23.1 Å². The topological polar surface area (TPSA) is 76.1 Å². The van der Waals surface area contributed by atoms with E-state index in [1.54, 1.807) is 0 Å². The van der Waals surface area contributed by atoms with E-state index in [2.05, 4.69) is 20.8 Å². The number of carbonyl (C=O) groups is 1. The number of ether oxygens (including phenoxy) is 1. The molecule has 1 heterocycles. The molecule has 0 aliphatic rings. The average Bonchev–Trinajstić information content (AvgIpc) is 3.11. The third kappa shape index (κ3) is 5.45. The Kier molecular flexibility index (Phi) is 6.67. The lowest BCUT2D eigenvalue weighted by molar-refractivity contribution is -0.115. The summed E-state index contributed by atoms with van der Waals surface area (Å²) in [6.45, 7) is 4.38. The predicted octanol–water partition coefficient (Wildman–Crippen LogP) is 4.80. The van der Waals surface area contributed by atoms with Gasteiger partial charge in [0.25, 0.3) is 0 Å². The summed E-state index contributed by atoms with van der Waals surface area (Å²) in [5.74, 6) is 0.692. The van der Waals surface area contributed by atoms with Gasteiger partial charge in [0.2, 0.25) is 11.0 Å². The van der Waals surface area contributed by atoms with Crippen molar-refractivity contribution in [2.75, 3.05) is 17.2 Å².